The van der Waals surface area contributed by atoms with E-state index < -0.39 is 0 Å². The topological polar surface area (TPSA) is 52.5 Å². The molecule has 2 unspecified atom stereocenters. The molecule has 0 spiro atoms. The molecule has 1 aliphatic heterocycles. The Balaban J connectivity index is 2.32. The Morgan fingerprint density at radius 3 is 2.60 bits per heavy atom. The first kappa shape index (κ1) is 7.98. The average Bonchev–Trinajstić information content (AvgIpc) is 1.88. The minimum absolute atomic E-state index is 0.226. The molecule has 3 nitrogen and oxygen atoms in total. The number of aliphatic hydroxyl groups is 2. The van der Waals surface area contributed by atoms with Crippen molar-refractivity contribution in [1.82, 2.24) is 5.32 Å². The Morgan fingerprint density at radius 1 is 1.50 bits per heavy atom. The first-order chi connectivity index (χ1) is 4.70. The van der Waals surface area contributed by atoms with Crippen LogP contribution in [-0.2, 0) is 0 Å². The van der Waals surface area contributed by atoms with E-state index in [2.05, 4.69) is 5.32 Å². The molecule has 0 aromatic rings. The number of hydrogen-bond acceptors (Lipinski definition) is 3. The Kier molecular flexibility index (Phi) is 2.65. The monoisotopic (exact) mass is 145 g/mol. The Hall–Kier alpha value is -0.120. The molecule has 3 N–H and O–H groups in total. The molecule has 1 fully saturated rings. The van der Waals surface area contributed by atoms with Gasteiger partial charge in [-0.2, -0.15) is 0 Å². The molecule has 0 radical (unpaired) electrons. The van der Waals surface area contributed by atoms with Crippen molar-refractivity contribution in [2.45, 2.75) is 25.6 Å². The lowest BCUT2D eigenvalue weighted by Gasteiger charge is -2.28. The molecular weight excluding hydrogens is 130 g/mol. The summed E-state index contributed by atoms with van der Waals surface area (Å²) in [6, 6.07) is 0. The number of piperidine rings is 1. The van der Waals surface area contributed by atoms with Crippen molar-refractivity contribution in [2.24, 2.45) is 5.92 Å². The van der Waals surface area contributed by atoms with Crippen LogP contribution in [0.1, 0.15) is 13.3 Å². The van der Waals surface area contributed by atoms with Crippen LogP contribution >= 0.6 is 0 Å². The summed E-state index contributed by atoms with van der Waals surface area (Å²) in [5.41, 5.74) is 0. The lowest BCUT2D eigenvalue weighted by atomic mass is 9.93. The van der Waals surface area contributed by atoms with Crippen LogP contribution in [0.15, 0.2) is 0 Å². The molecule has 10 heavy (non-hydrogen) atoms. The van der Waals surface area contributed by atoms with Crippen LogP contribution in [0.2, 0.25) is 0 Å². The largest absolute Gasteiger partial charge is 0.393 e. The van der Waals surface area contributed by atoms with E-state index in [1.807, 2.05) is 0 Å². The second kappa shape index (κ2) is 3.32. The molecule has 3 heteroatoms. The number of rotatable bonds is 1. The first-order valence-electron chi connectivity index (χ1n) is 3.77. The van der Waals surface area contributed by atoms with Gasteiger partial charge in [-0.05, 0) is 19.3 Å². The highest BCUT2D eigenvalue weighted by Gasteiger charge is 2.22. The maximum Gasteiger partial charge on any atom is 0.0668 e. The maximum atomic E-state index is 9.15. The quantitative estimate of drug-likeness (QED) is 0.459. The van der Waals surface area contributed by atoms with Crippen molar-refractivity contribution in [3.8, 4) is 0 Å². The normalized spacial score (nSPS) is 37.5. The predicted octanol–water partition coefficient (Wildman–Crippen LogP) is -0.662. The molecule has 0 aliphatic carbocycles. The molecule has 0 aromatic carbocycles. The third kappa shape index (κ3) is 1.94. The summed E-state index contributed by atoms with van der Waals surface area (Å²) in [4.78, 5) is 0. The van der Waals surface area contributed by atoms with E-state index in [0.29, 0.717) is 6.54 Å². The van der Waals surface area contributed by atoms with Gasteiger partial charge in [-0.1, -0.05) is 0 Å². The molecule has 0 amide bonds. The van der Waals surface area contributed by atoms with Crippen molar-refractivity contribution in [3.05, 3.63) is 0 Å². The lowest BCUT2D eigenvalue weighted by Crippen LogP contribution is -2.43. The van der Waals surface area contributed by atoms with E-state index in [0.717, 1.165) is 13.0 Å². The van der Waals surface area contributed by atoms with E-state index in [1.54, 1.807) is 6.92 Å². The van der Waals surface area contributed by atoms with Crippen LogP contribution in [0.4, 0.5) is 0 Å². The van der Waals surface area contributed by atoms with Crippen LogP contribution in [-0.4, -0.2) is 35.5 Å². The Labute approximate surface area is 61.1 Å². The van der Waals surface area contributed by atoms with E-state index in [-0.39, 0.29) is 18.1 Å². The van der Waals surface area contributed by atoms with Crippen LogP contribution in [0.5, 0.6) is 0 Å². The fraction of sp³-hybridized carbons (Fsp3) is 1.00. The Bertz CT molecular complexity index is 106. The van der Waals surface area contributed by atoms with Gasteiger partial charge in [0.25, 0.3) is 0 Å². The Morgan fingerprint density at radius 2 is 2.20 bits per heavy atom. The number of β-amino-alcohol motifs (C(OH)–C–C–N with tert-alkyl or cyclic N) is 1. The van der Waals surface area contributed by atoms with Gasteiger partial charge < -0.3 is 15.5 Å². The number of nitrogens with one attached hydrogen (secondary N) is 1. The summed E-state index contributed by atoms with van der Waals surface area (Å²) in [5, 5.41) is 21.4. The summed E-state index contributed by atoms with van der Waals surface area (Å²) in [6.45, 7) is 3.27. The molecular formula is C7H15NO2. The van der Waals surface area contributed by atoms with Crippen molar-refractivity contribution < 1.29 is 10.2 Å². The second-order valence-corrected chi connectivity index (χ2v) is 3.05. The minimum Gasteiger partial charge on any atom is -0.393 e. The molecule has 0 bridgehead atoms. The zero-order valence-corrected chi connectivity index (χ0v) is 6.25. The summed E-state index contributed by atoms with van der Waals surface area (Å²) in [7, 11) is 0. The summed E-state index contributed by atoms with van der Waals surface area (Å²) in [6.07, 6.45) is 0.154. The standard InChI is InChI=1S/C7H15NO2/c1-5(9)6-2-7(10)4-8-3-6/h5-10H,2-4H2,1H3/t5?,6-,7?/m1/s1. The highest BCUT2D eigenvalue weighted by molar-refractivity contribution is 4.78. The fourth-order valence-electron chi connectivity index (χ4n) is 1.32. The van der Waals surface area contributed by atoms with Gasteiger partial charge in [-0.3, -0.25) is 0 Å². The minimum atomic E-state index is -0.303. The summed E-state index contributed by atoms with van der Waals surface area (Å²) < 4.78 is 0. The molecule has 1 rings (SSSR count). The van der Waals surface area contributed by atoms with Gasteiger partial charge >= 0.3 is 0 Å². The zero-order chi connectivity index (χ0) is 7.56. The lowest BCUT2D eigenvalue weighted by molar-refractivity contribution is 0.0491. The van der Waals surface area contributed by atoms with Crippen molar-refractivity contribution in [1.29, 1.82) is 0 Å². The SMILES string of the molecule is CC(O)[C@H]1CNCC(O)C1. The molecule has 60 valence electrons. The average molecular weight is 145 g/mol. The smallest absolute Gasteiger partial charge is 0.0668 e. The third-order valence-electron chi connectivity index (χ3n) is 2.04. The van der Waals surface area contributed by atoms with Gasteiger partial charge in [0.15, 0.2) is 0 Å². The third-order valence-corrected chi connectivity index (χ3v) is 2.04. The molecule has 0 aromatic heterocycles. The van der Waals surface area contributed by atoms with Crippen molar-refractivity contribution >= 4 is 0 Å². The van der Waals surface area contributed by atoms with Gasteiger partial charge in [0.05, 0.1) is 12.2 Å². The van der Waals surface area contributed by atoms with Crippen LogP contribution in [0.25, 0.3) is 0 Å². The van der Waals surface area contributed by atoms with Crippen LogP contribution < -0.4 is 5.32 Å². The summed E-state index contributed by atoms with van der Waals surface area (Å²) in [5.74, 6) is 0.226. The van der Waals surface area contributed by atoms with Gasteiger partial charge in [-0.15, -0.1) is 0 Å². The number of aliphatic hydroxyl groups excluding tert-OH is 2. The second-order valence-electron chi connectivity index (χ2n) is 3.05. The molecule has 3 atom stereocenters. The van der Waals surface area contributed by atoms with E-state index in [4.69, 9.17) is 10.2 Å². The maximum absolute atomic E-state index is 9.15. The highest BCUT2D eigenvalue weighted by Crippen LogP contribution is 2.13. The molecule has 1 heterocycles. The molecule has 1 aliphatic rings. The van der Waals surface area contributed by atoms with E-state index >= 15 is 0 Å². The van der Waals surface area contributed by atoms with Crippen molar-refractivity contribution in [3.63, 3.8) is 0 Å². The van der Waals surface area contributed by atoms with Crippen molar-refractivity contribution in [2.75, 3.05) is 13.1 Å². The number of hydrogen-bond donors (Lipinski definition) is 3. The van der Waals surface area contributed by atoms with Crippen LogP contribution in [0, 0.1) is 5.92 Å². The highest BCUT2D eigenvalue weighted by atomic mass is 16.3. The van der Waals surface area contributed by atoms with Gasteiger partial charge in [0, 0.05) is 13.1 Å². The van der Waals surface area contributed by atoms with Gasteiger partial charge in [-0.25, -0.2) is 0 Å². The predicted molar refractivity (Wildman–Crippen MR) is 38.7 cm³/mol. The molecule has 0 saturated carbocycles. The molecule has 1 saturated heterocycles. The fourth-order valence-corrected chi connectivity index (χ4v) is 1.32. The zero-order valence-electron chi connectivity index (χ0n) is 6.25. The summed E-state index contributed by atoms with van der Waals surface area (Å²) >= 11 is 0. The first-order valence-corrected chi connectivity index (χ1v) is 3.77. The van der Waals surface area contributed by atoms with E-state index in [1.165, 1.54) is 0 Å². The van der Waals surface area contributed by atoms with Crippen LogP contribution in [0.3, 0.4) is 0 Å². The van der Waals surface area contributed by atoms with E-state index in [9.17, 15) is 0 Å². The van der Waals surface area contributed by atoms with Gasteiger partial charge in [0.1, 0.15) is 0 Å². The van der Waals surface area contributed by atoms with Gasteiger partial charge in [0.2, 0.25) is 0 Å².